The van der Waals surface area contributed by atoms with Gasteiger partial charge in [-0.3, -0.25) is 13.2 Å². The highest BCUT2D eigenvalue weighted by atomic mass is 32.2. The smallest absolute Gasteiger partial charge is 0.315 e. The Kier molecular flexibility index (Phi) is 10.3. The summed E-state index contributed by atoms with van der Waals surface area (Å²) in [5, 5.41) is 11.5. The van der Waals surface area contributed by atoms with Crippen molar-refractivity contribution >= 4 is 32.5 Å². The Hall–Kier alpha value is -2.98. The second kappa shape index (κ2) is 14.1. The minimum absolute atomic E-state index is 0.0694. The number of hydrogen-bond donors (Lipinski definition) is 1. The van der Waals surface area contributed by atoms with E-state index >= 15 is 0 Å². The molecule has 1 aliphatic heterocycles. The van der Waals surface area contributed by atoms with Gasteiger partial charge in [0, 0.05) is 12.5 Å². The van der Waals surface area contributed by atoms with Crippen LogP contribution in [0.25, 0.3) is 0 Å². The number of allylic oxidation sites excluding steroid dienone is 1. The highest BCUT2D eigenvalue weighted by Crippen LogP contribution is 2.82. The maximum atomic E-state index is 14.0. The van der Waals surface area contributed by atoms with Crippen molar-refractivity contribution in [1.29, 1.82) is 0 Å². The third-order valence-corrected chi connectivity index (χ3v) is 16.4. The lowest BCUT2D eigenvalue weighted by atomic mass is 9.43. The quantitative estimate of drug-likeness (QED) is 0.146. The van der Waals surface area contributed by atoms with Crippen LogP contribution >= 0.6 is 0 Å². The molecule has 5 aliphatic rings. The van der Waals surface area contributed by atoms with E-state index in [4.69, 9.17) is 22.6 Å². The molecule has 1 N–H and O–H groups in total. The van der Waals surface area contributed by atoms with Gasteiger partial charge in [0.2, 0.25) is 0 Å². The Bertz CT molecular complexity index is 2060. The third-order valence-electron chi connectivity index (χ3n) is 13.7. The highest BCUT2D eigenvalue weighted by Gasteiger charge is 2.84. The first-order valence-electron chi connectivity index (χ1n) is 19.1. The molecule has 14 heteroatoms. The first-order chi connectivity index (χ1) is 25.9. The minimum atomic E-state index is -4.60. The monoisotopic (exact) mass is 800 g/mol. The SMILES string of the molecule is CO[C@H]1[C@@H](OS(=O)(=O)c2ccc(C)cc2)[C@H](OS(=O)(=O)c2ccc(C)cc2)[C@H](OCC23CC4C(C)CCC4C4(C=O)CC2C=C(C(C)C)C43C(=O)O)O[C@@H]1C. The molecule has 4 fully saturated rings. The van der Waals surface area contributed by atoms with Crippen LogP contribution in [0.1, 0.15) is 64.5 Å². The Morgan fingerprint density at radius 1 is 0.891 bits per heavy atom. The highest BCUT2D eigenvalue weighted by molar-refractivity contribution is 7.87. The Morgan fingerprint density at radius 2 is 1.45 bits per heavy atom. The molecule has 0 radical (unpaired) electrons. The van der Waals surface area contributed by atoms with Crippen LogP contribution in [0.2, 0.25) is 0 Å². The van der Waals surface area contributed by atoms with Crippen molar-refractivity contribution in [2.45, 2.75) is 108 Å². The first kappa shape index (κ1) is 40.2. The van der Waals surface area contributed by atoms with Gasteiger partial charge in [0.25, 0.3) is 20.2 Å². The Balaban J connectivity index is 1.32. The standard InChI is InChI=1S/C41H52O12S2/c1-23(2)33-18-28-19-39(21-42)32-17-12-26(5)31(32)20-40(28,41(33,39)38(43)44)22-50-37-36(53-55(47,48)30-15-10-25(4)11-16-30)35(34(49-7)27(6)51-37)52-54(45,46)29-13-8-24(3)9-14-29/h8-11,13-16,18,21,23,26-28,31-32,34-37H,12,17,19-20,22H2,1-7H3,(H,43,44)/t26?,27-,28?,31?,32?,34-,35-,36+,37-,39?,40?,41?/m1/s1. The van der Waals surface area contributed by atoms with E-state index in [9.17, 15) is 31.5 Å². The van der Waals surface area contributed by atoms with Crippen LogP contribution in [-0.2, 0) is 52.4 Å². The molecule has 0 spiro atoms. The van der Waals surface area contributed by atoms with Crippen molar-refractivity contribution in [3.05, 3.63) is 71.3 Å². The summed E-state index contributed by atoms with van der Waals surface area (Å²) >= 11 is 0. The number of fused-ring (bicyclic) bond motifs is 2. The number of carbonyl (C=O) groups is 2. The van der Waals surface area contributed by atoms with Crippen molar-refractivity contribution in [2.75, 3.05) is 13.7 Å². The Labute approximate surface area is 324 Å². The van der Waals surface area contributed by atoms with Gasteiger partial charge in [-0.05, 0) is 93.9 Å². The fourth-order valence-corrected chi connectivity index (χ4v) is 13.5. The molecule has 4 aliphatic carbocycles. The number of benzene rings is 2. The Morgan fingerprint density at radius 3 is 1.96 bits per heavy atom. The van der Waals surface area contributed by atoms with E-state index in [0.717, 1.165) is 30.3 Å². The van der Waals surface area contributed by atoms with Crippen LogP contribution in [0.15, 0.2) is 70.0 Å². The van der Waals surface area contributed by atoms with Gasteiger partial charge in [-0.25, -0.2) is 0 Å². The molecule has 0 amide bonds. The molecule has 12 nitrogen and oxygen atoms in total. The van der Waals surface area contributed by atoms with Crippen molar-refractivity contribution in [1.82, 2.24) is 0 Å². The normalized spacial score (nSPS) is 38.2. The number of methoxy groups -OCH3 is 1. The van der Waals surface area contributed by atoms with Crippen LogP contribution < -0.4 is 0 Å². The van der Waals surface area contributed by atoms with Gasteiger partial charge in [-0.2, -0.15) is 16.8 Å². The number of aliphatic carboxylic acids is 1. The zero-order chi connectivity index (χ0) is 39.9. The first-order valence-corrected chi connectivity index (χ1v) is 21.9. The fraction of sp³-hybridized carbons (Fsp3) is 0.610. The number of carboxylic acids is 1. The fourth-order valence-electron chi connectivity index (χ4n) is 11.3. The second-order valence-electron chi connectivity index (χ2n) is 16.9. The van der Waals surface area contributed by atoms with E-state index in [1.807, 2.05) is 26.8 Å². The van der Waals surface area contributed by atoms with Crippen molar-refractivity contribution in [2.24, 2.45) is 45.8 Å². The van der Waals surface area contributed by atoms with Crippen LogP contribution in [0.5, 0.6) is 0 Å². The lowest BCUT2D eigenvalue weighted by Crippen LogP contribution is -2.65. The zero-order valence-electron chi connectivity index (χ0n) is 32.3. The van der Waals surface area contributed by atoms with E-state index in [1.165, 1.54) is 31.4 Å². The second-order valence-corrected chi connectivity index (χ2v) is 20.0. The molecule has 2 aromatic carbocycles. The number of hydrogen-bond acceptors (Lipinski definition) is 11. The van der Waals surface area contributed by atoms with Gasteiger partial charge in [0.1, 0.15) is 23.9 Å². The van der Waals surface area contributed by atoms with Crippen molar-refractivity contribution in [3.63, 3.8) is 0 Å². The maximum absolute atomic E-state index is 14.0. The summed E-state index contributed by atoms with van der Waals surface area (Å²) in [6, 6.07) is 12.0. The molecule has 4 bridgehead atoms. The molecule has 12 atom stereocenters. The summed E-state index contributed by atoms with van der Waals surface area (Å²) in [4.78, 5) is 27.3. The van der Waals surface area contributed by atoms with Crippen molar-refractivity contribution in [3.8, 4) is 0 Å². The van der Waals surface area contributed by atoms with Gasteiger partial charge < -0.3 is 24.1 Å². The summed E-state index contributed by atoms with van der Waals surface area (Å²) < 4.78 is 86.3. The molecular formula is C41H52O12S2. The summed E-state index contributed by atoms with van der Waals surface area (Å²) in [5.74, 6) is -1.35. The summed E-state index contributed by atoms with van der Waals surface area (Å²) in [7, 11) is -7.81. The molecule has 1 saturated heterocycles. The minimum Gasteiger partial charge on any atom is -0.481 e. The van der Waals surface area contributed by atoms with E-state index in [-0.39, 0.29) is 46.0 Å². The van der Waals surface area contributed by atoms with Gasteiger partial charge in [-0.15, -0.1) is 0 Å². The lowest BCUT2D eigenvalue weighted by Gasteiger charge is -2.58. The van der Waals surface area contributed by atoms with Crippen LogP contribution in [-0.4, -0.2) is 78.6 Å². The van der Waals surface area contributed by atoms with Crippen molar-refractivity contribution < 1.29 is 54.1 Å². The predicted molar refractivity (Wildman–Crippen MR) is 200 cm³/mol. The van der Waals surface area contributed by atoms with Gasteiger partial charge in [0.15, 0.2) is 12.4 Å². The van der Waals surface area contributed by atoms with Crippen LogP contribution in [0.3, 0.4) is 0 Å². The van der Waals surface area contributed by atoms with Gasteiger partial charge in [0.05, 0.1) is 27.9 Å². The molecule has 1 heterocycles. The lowest BCUT2D eigenvalue weighted by molar-refractivity contribution is -0.297. The van der Waals surface area contributed by atoms with E-state index in [1.54, 1.807) is 38.1 Å². The number of aryl methyl sites for hydroxylation is 2. The summed E-state index contributed by atoms with van der Waals surface area (Å²) in [5.41, 5.74) is -1.48. The molecule has 0 aromatic heterocycles. The molecule has 300 valence electrons. The maximum Gasteiger partial charge on any atom is 0.315 e. The van der Waals surface area contributed by atoms with Gasteiger partial charge >= 0.3 is 5.97 Å². The van der Waals surface area contributed by atoms with Crippen LogP contribution in [0.4, 0.5) is 0 Å². The average Bonchev–Trinajstić information content (AvgIpc) is 3.70. The molecule has 55 heavy (non-hydrogen) atoms. The van der Waals surface area contributed by atoms with E-state index in [2.05, 4.69) is 6.92 Å². The van der Waals surface area contributed by atoms with E-state index in [0.29, 0.717) is 18.4 Å². The van der Waals surface area contributed by atoms with Crippen LogP contribution in [0, 0.1) is 59.7 Å². The number of ether oxygens (including phenoxy) is 3. The molecule has 2 aromatic rings. The molecule has 3 saturated carbocycles. The molecular weight excluding hydrogens is 749 g/mol. The predicted octanol–water partition coefficient (Wildman–Crippen LogP) is 5.85. The third kappa shape index (κ3) is 5.99. The number of carbonyl (C=O) groups excluding carboxylic acids is 1. The topological polar surface area (TPSA) is 169 Å². The average molecular weight is 801 g/mol. The number of carboxylic acid groups (broad SMARTS) is 1. The van der Waals surface area contributed by atoms with Gasteiger partial charge in [-0.1, -0.05) is 74.2 Å². The summed E-state index contributed by atoms with van der Waals surface area (Å²) in [6.07, 6.45) is -1.49. The molecule has 7 rings (SSSR count). The zero-order valence-corrected chi connectivity index (χ0v) is 34.0. The number of rotatable bonds is 13. The molecule has 7 unspecified atom stereocenters. The largest absolute Gasteiger partial charge is 0.481 e. The van der Waals surface area contributed by atoms with E-state index < -0.39 is 73.2 Å². The number of aldehydes is 1. The summed E-state index contributed by atoms with van der Waals surface area (Å²) in [6.45, 7) is 11.1.